The number of H-pyrrole nitrogens is 1. The first-order chi connectivity index (χ1) is 16.9. The van der Waals surface area contributed by atoms with E-state index in [-0.39, 0.29) is 17.3 Å². The minimum absolute atomic E-state index is 0.258. The second-order valence-electron chi connectivity index (χ2n) is 9.14. The predicted molar refractivity (Wildman–Crippen MR) is 135 cm³/mol. The number of aromatic nitrogens is 1. The Morgan fingerprint density at radius 2 is 1.91 bits per heavy atom. The minimum atomic E-state index is -0.441. The number of nitrogens with zero attached hydrogens (tertiary/aromatic N) is 2. The molecule has 1 fully saturated rings. The van der Waals surface area contributed by atoms with E-state index in [1.807, 2.05) is 25.1 Å². The van der Waals surface area contributed by atoms with Gasteiger partial charge < -0.3 is 20.5 Å². The maximum Gasteiger partial charge on any atom is 0.256 e. The molecular formula is C27H29N5O3. The molecule has 35 heavy (non-hydrogen) atoms. The Bertz CT molecular complexity index is 1310. The first-order valence-electron chi connectivity index (χ1n) is 11.9. The molecule has 4 rings (SSSR count). The van der Waals surface area contributed by atoms with Crippen molar-refractivity contribution in [3.8, 4) is 6.07 Å². The molecule has 3 N–H and O–H groups in total. The van der Waals surface area contributed by atoms with Crippen molar-refractivity contribution in [2.24, 2.45) is 0 Å². The van der Waals surface area contributed by atoms with E-state index in [0.29, 0.717) is 34.1 Å². The van der Waals surface area contributed by atoms with E-state index in [1.54, 1.807) is 29.2 Å². The molecule has 0 saturated heterocycles. The van der Waals surface area contributed by atoms with Gasteiger partial charge in [0, 0.05) is 34.2 Å². The van der Waals surface area contributed by atoms with Gasteiger partial charge in [0.05, 0.1) is 17.2 Å². The van der Waals surface area contributed by atoms with Crippen molar-refractivity contribution in [1.82, 2.24) is 10.3 Å². The fraction of sp³-hybridized carbons (Fsp3) is 0.333. The van der Waals surface area contributed by atoms with Gasteiger partial charge in [-0.25, -0.2) is 0 Å². The second-order valence-corrected chi connectivity index (χ2v) is 9.14. The Morgan fingerprint density at radius 1 is 1.14 bits per heavy atom. The van der Waals surface area contributed by atoms with Crippen LogP contribution in [-0.4, -0.2) is 35.3 Å². The number of carbonyl (C=O) groups is 3. The summed E-state index contributed by atoms with van der Waals surface area (Å²) >= 11 is 0. The highest BCUT2D eigenvalue weighted by molar-refractivity contribution is 6.16. The van der Waals surface area contributed by atoms with Crippen LogP contribution in [0.1, 0.15) is 72.2 Å². The van der Waals surface area contributed by atoms with Gasteiger partial charge in [0.15, 0.2) is 0 Å². The van der Waals surface area contributed by atoms with Crippen molar-refractivity contribution in [3.05, 3.63) is 59.2 Å². The van der Waals surface area contributed by atoms with Crippen molar-refractivity contribution in [1.29, 1.82) is 5.26 Å². The van der Waals surface area contributed by atoms with E-state index < -0.39 is 5.91 Å². The Hall–Kier alpha value is -4.12. The lowest BCUT2D eigenvalue weighted by Crippen LogP contribution is -2.47. The van der Waals surface area contributed by atoms with Crippen molar-refractivity contribution in [3.63, 3.8) is 0 Å². The molecule has 0 radical (unpaired) electrons. The molecule has 8 nitrogen and oxygen atoms in total. The number of hydrogen-bond donors (Lipinski definition) is 3. The molecule has 0 unspecified atom stereocenters. The zero-order chi connectivity index (χ0) is 25.0. The highest BCUT2D eigenvalue weighted by atomic mass is 16.2. The SMILES string of the molecule is CCNC(=O)c1c(NC(=O)c2cccc(C#N)c2)[nH]c2cc(N(C=O)C3(C)CCCCC3)ccc12. The van der Waals surface area contributed by atoms with Gasteiger partial charge in [-0.15, -0.1) is 0 Å². The fourth-order valence-electron chi connectivity index (χ4n) is 4.88. The van der Waals surface area contributed by atoms with Gasteiger partial charge in [0.2, 0.25) is 6.41 Å². The van der Waals surface area contributed by atoms with Gasteiger partial charge in [0.25, 0.3) is 11.8 Å². The monoisotopic (exact) mass is 471 g/mol. The first kappa shape index (κ1) is 24.0. The number of hydrogen-bond acceptors (Lipinski definition) is 4. The highest BCUT2D eigenvalue weighted by Crippen LogP contribution is 2.37. The van der Waals surface area contributed by atoms with Crippen LogP contribution in [-0.2, 0) is 4.79 Å². The maximum atomic E-state index is 12.9. The van der Waals surface area contributed by atoms with Gasteiger partial charge in [-0.05, 0) is 63.1 Å². The van der Waals surface area contributed by atoms with Crippen LogP contribution >= 0.6 is 0 Å². The molecule has 0 spiro atoms. The lowest BCUT2D eigenvalue weighted by atomic mass is 9.82. The number of aromatic amines is 1. The molecule has 1 aromatic heterocycles. The maximum absolute atomic E-state index is 12.9. The number of anilines is 2. The van der Waals surface area contributed by atoms with Crippen molar-refractivity contribution >= 4 is 40.6 Å². The lowest BCUT2D eigenvalue weighted by Gasteiger charge is -2.42. The van der Waals surface area contributed by atoms with Crippen LogP contribution in [0.4, 0.5) is 11.5 Å². The largest absolute Gasteiger partial charge is 0.352 e. The summed E-state index contributed by atoms with van der Waals surface area (Å²) in [6.45, 7) is 4.36. The Balaban J connectivity index is 1.74. The zero-order valence-electron chi connectivity index (χ0n) is 20.0. The summed E-state index contributed by atoms with van der Waals surface area (Å²) in [5.41, 5.74) is 2.11. The quantitative estimate of drug-likeness (QED) is 0.432. The van der Waals surface area contributed by atoms with Gasteiger partial charge >= 0.3 is 0 Å². The predicted octanol–water partition coefficient (Wildman–Crippen LogP) is 4.73. The van der Waals surface area contributed by atoms with Gasteiger partial charge in [-0.2, -0.15) is 5.26 Å². The smallest absolute Gasteiger partial charge is 0.256 e. The lowest BCUT2D eigenvalue weighted by molar-refractivity contribution is -0.108. The van der Waals surface area contributed by atoms with Gasteiger partial charge in [-0.3, -0.25) is 14.4 Å². The standard InChI is InChI=1S/C27H29N5O3/c1-3-29-26(35)23-21-11-10-20(32(17-33)27(2)12-5-4-6-13-27)15-22(21)30-24(23)31-25(34)19-9-7-8-18(14-19)16-28/h7-11,14-15,17,30H,3-6,12-13H2,1-2H3,(H,29,35)(H,31,34). The number of carbonyl (C=O) groups excluding carboxylic acids is 3. The van der Waals surface area contributed by atoms with Gasteiger partial charge in [-0.1, -0.05) is 25.3 Å². The molecule has 0 aliphatic heterocycles. The number of amides is 3. The Labute approximate surface area is 204 Å². The third kappa shape index (κ3) is 4.76. The molecular weight excluding hydrogens is 442 g/mol. The van der Waals surface area contributed by atoms with Crippen molar-refractivity contribution < 1.29 is 14.4 Å². The molecule has 0 bridgehead atoms. The highest BCUT2D eigenvalue weighted by Gasteiger charge is 2.34. The molecule has 2 aromatic carbocycles. The summed E-state index contributed by atoms with van der Waals surface area (Å²) in [6.07, 6.45) is 6.08. The van der Waals surface area contributed by atoms with Gasteiger partial charge in [0.1, 0.15) is 5.82 Å². The van der Waals surface area contributed by atoms with Crippen LogP contribution in [0.3, 0.4) is 0 Å². The number of rotatable bonds is 7. The zero-order valence-corrected chi connectivity index (χ0v) is 20.0. The number of nitrogens with one attached hydrogen (secondary N) is 3. The molecule has 180 valence electrons. The number of nitriles is 1. The summed E-state index contributed by atoms with van der Waals surface area (Å²) in [7, 11) is 0. The van der Waals surface area contributed by atoms with Crippen molar-refractivity contribution in [2.45, 2.75) is 51.5 Å². The summed E-state index contributed by atoms with van der Waals surface area (Å²) in [5, 5.41) is 15.4. The van der Waals surface area contributed by atoms with Crippen LogP contribution in [0, 0.1) is 11.3 Å². The molecule has 3 aromatic rings. The topological polar surface area (TPSA) is 118 Å². The minimum Gasteiger partial charge on any atom is -0.352 e. The average Bonchev–Trinajstić information content (AvgIpc) is 3.22. The van der Waals surface area contributed by atoms with E-state index in [1.165, 1.54) is 12.5 Å². The second kappa shape index (κ2) is 10.0. The van der Waals surface area contributed by atoms with Crippen LogP contribution in [0.15, 0.2) is 42.5 Å². The molecule has 1 saturated carbocycles. The van der Waals surface area contributed by atoms with Crippen molar-refractivity contribution in [2.75, 3.05) is 16.8 Å². The normalized spacial score (nSPS) is 14.7. The van der Waals surface area contributed by atoms with E-state index in [4.69, 9.17) is 5.26 Å². The molecule has 0 atom stereocenters. The number of fused-ring (bicyclic) bond motifs is 1. The molecule has 3 amide bonds. The summed E-state index contributed by atoms with van der Waals surface area (Å²) < 4.78 is 0. The Kier molecular flexibility index (Phi) is 6.87. The summed E-state index contributed by atoms with van der Waals surface area (Å²) in [6, 6.07) is 13.9. The van der Waals surface area contributed by atoms with E-state index >= 15 is 0 Å². The Morgan fingerprint density at radius 3 is 2.60 bits per heavy atom. The van der Waals surface area contributed by atoms with E-state index in [0.717, 1.165) is 37.8 Å². The third-order valence-electron chi connectivity index (χ3n) is 6.73. The average molecular weight is 472 g/mol. The summed E-state index contributed by atoms with van der Waals surface area (Å²) in [5.74, 6) is -0.500. The van der Waals surface area contributed by atoms with E-state index in [9.17, 15) is 14.4 Å². The van der Waals surface area contributed by atoms with E-state index in [2.05, 4.69) is 22.5 Å². The third-order valence-corrected chi connectivity index (χ3v) is 6.73. The number of benzene rings is 2. The van der Waals surface area contributed by atoms with Crippen LogP contribution < -0.4 is 15.5 Å². The van der Waals surface area contributed by atoms with Crippen LogP contribution in [0.25, 0.3) is 10.9 Å². The molecule has 8 heteroatoms. The molecule has 1 aliphatic carbocycles. The fourth-order valence-corrected chi connectivity index (χ4v) is 4.88. The first-order valence-corrected chi connectivity index (χ1v) is 11.9. The van der Waals surface area contributed by atoms with Crippen LogP contribution in [0.5, 0.6) is 0 Å². The van der Waals surface area contributed by atoms with Crippen LogP contribution in [0.2, 0.25) is 0 Å². The molecule has 1 aliphatic rings. The summed E-state index contributed by atoms with van der Waals surface area (Å²) in [4.78, 5) is 43.0. The molecule has 1 heterocycles.